The van der Waals surface area contributed by atoms with Gasteiger partial charge in [-0.3, -0.25) is 0 Å². The fraction of sp³-hybridized carbons (Fsp3) is 0.778. The van der Waals surface area contributed by atoms with Crippen molar-refractivity contribution in [2.75, 3.05) is 7.05 Å². The largest absolute Gasteiger partial charge is 0.495 e. The zero-order chi connectivity index (χ0) is 9.14. The number of aliphatic hydroxyl groups excluding tert-OH is 2. The van der Waals surface area contributed by atoms with E-state index >= 15 is 0 Å². The summed E-state index contributed by atoms with van der Waals surface area (Å²) < 4.78 is 0. The molecule has 0 aromatic carbocycles. The van der Waals surface area contributed by atoms with Crippen molar-refractivity contribution in [3.63, 3.8) is 0 Å². The summed E-state index contributed by atoms with van der Waals surface area (Å²) in [7, 11) is 1.81. The second-order valence-electron chi connectivity index (χ2n) is 3.33. The van der Waals surface area contributed by atoms with Crippen LogP contribution in [0.4, 0.5) is 0 Å². The standard InChI is InChI=1S/C9H17NO2/c1-3-4-7-8(11)5-6-9(12)10(7)2/h6-8,11-12H,3-5H2,1-2H3/t7-,8+/m0/s1. The van der Waals surface area contributed by atoms with Crippen molar-refractivity contribution in [3.05, 3.63) is 12.0 Å². The maximum atomic E-state index is 9.59. The van der Waals surface area contributed by atoms with Crippen LogP contribution in [0.25, 0.3) is 0 Å². The van der Waals surface area contributed by atoms with Gasteiger partial charge in [0.2, 0.25) is 0 Å². The molecule has 70 valence electrons. The van der Waals surface area contributed by atoms with Crippen LogP contribution >= 0.6 is 0 Å². The number of rotatable bonds is 2. The van der Waals surface area contributed by atoms with Crippen LogP contribution in [0.3, 0.4) is 0 Å². The lowest BCUT2D eigenvalue weighted by Gasteiger charge is -2.35. The molecule has 0 aromatic rings. The molecule has 0 aliphatic carbocycles. The fourth-order valence-electron chi connectivity index (χ4n) is 1.64. The zero-order valence-corrected chi connectivity index (χ0v) is 7.70. The number of likely N-dealkylation sites (N-methyl/N-ethyl adjacent to an activating group) is 1. The molecule has 1 rings (SSSR count). The molecule has 1 aliphatic rings. The molecule has 0 saturated carbocycles. The van der Waals surface area contributed by atoms with E-state index < -0.39 is 0 Å². The van der Waals surface area contributed by atoms with Crippen LogP contribution in [-0.4, -0.2) is 34.3 Å². The lowest BCUT2D eigenvalue weighted by molar-refractivity contribution is 0.0354. The lowest BCUT2D eigenvalue weighted by Crippen LogP contribution is -2.43. The summed E-state index contributed by atoms with van der Waals surface area (Å²) >= 11 is 0. The molecular formula is C9H17NO2. The first kappa shape index (κ1) is 9.39. The second kappa shape index (κ2) is 3.81. The van der Waals surface area contributed by atoms with Crippen molar-refractivity contribution < 1.29 is 10.2 Å². The summed E-state index contributed by atoms with van der Waals surface area (Å²) in [6.07, 6.45) is 3.86. The summed E-state index contributed by atoms with van der Waals surface area (Å²) in [5.74, 6) is 0.291. The molecule has 1 heterocycles. The quantitative estimate of drug-likeness (QED) is 0.657. The van der Waals surface area contributed by atoms with Crippen LogP contribution in [0.1, 0.15) is 26.2 Å². The van der Waals surface area contributed by atoms with E-state index in [-0.39, 0.29) is 12.1 Å². The van der Waals surface area contributed by atoms with Crippen LogP contribution in [0.5, 0.6) is 0 Å². The average molecular weight is 171 g/mol. The predicted octanol–water partition coefficient (Wildman–Crippen LogP) is 1.25. The molecule has 0 fully saturated rings. The van der Waals surface area contributed by atoms with Gasteiger partial charge in [0, 0.05) is 7.05 Å². The van der Waals surface area contributed by atoms with E-state index in [4.69, 9.17) is 0 Å². The molecule has 12 heavy (non-hydrogen) atoms. The van der Waals surface area contributed by atoms with Crippen molar-refractivity contribution in [1.82, 2.24) is 4.90 Å². The Balaban J connectivity index is 2.64. The molecule has 3 nitrogen and oxygen atoms in total. The zero-order valence-electron chi connectivity index (χ0n) is 7.70. The van der Waals surface area contributed by atoms with E-state index in [0.29, 0.717) is 12.3 Å². The van der Waals surface area contributed by atoms with Crippen LogP contribution in [0.15, 0.2) is 12.0 Å². The van der Waals surface area contributed by atoms with Crippen LogP contribution in [0.2, 0.25) is 0 Å². The first-order valence-electron chi connectivity index (χ1n) is 4.46. The highest BCUT2D eigenvalue weighted by molar-refractivity contribution is 5.01. The smallest absolute Gasteiger partial charge is 0.182 e. The Bertz CT molecular complexity index is 179. The molecule has 0 aromatic heterocycles. The minimum atomic E-state index is -0.328. The predicted molar refractivity (Wildman–Crippen MR) is 47.8 cm³/mol. The third-order valence-corrected chi connectivity index (χ3v) is 2.43. The minimum Gasteiger partial charge on any atom is -0.495 e. The molecule has 2 N–H and O–H groups in total. The van der Waals surface area contributed by atoms with E-state index in [1.807, 2.05) is 7.05 Å². The second-order valence-corrected chi connectivity index (χ2v) is 3.33. The maximum Gasteiger partial charge on any atom is 0.182 e. The number of hydrogen-bond acceptors (Lipinski definition) is 3. The summed E-state index contributed by atoms with van der Waals surface area (Å²) in [6.45, 7) is 2.08. The number of hydrogen-bond donors (Lipinski definition) is 2. The first-order chi connectivity index (χ1) is 5.66. The van der Waals surface area contributed by atoms with E-state index in [1.54, 1.807) is 11.0 Å². The third kappa shape index (κ3) is 1.72. The summed E-state index contributed by atoms with van der Waals surface area (Å²) in [4.78, 5) is 1.75. The van der Waals surface area contributed by atoms with Gasteiger partial charge < -0.3 is 15.1 Å². The van der Waals surface area contributed by atoms with Gasteiger partial charge in [-0.1, -0.05) is 13.3 Å². The Morgan fingerprint density at radius 3 is 2.92 bits per heavy atom. The Kier molecular flexibility index (Phi) is 2.98. The van der Waals surface area contributed by atoms with Gasteiger partial charge in [-0.05, 0) is 18.9 Å². The Morgan fingerprint density at radius 1 is 1.67 bits per heavy atom. The van der Waals surface area contributed by atoms with Gasteiger partial charge in [-0.2, -0.15) is 0 Å². The highest BCUT2D eigenvalue weighted by atomic mass is 16.3. The van der Waals surface area contributed by atoms with Crippen LogP contribution in [0, 0.1) is 0 Å². The molecule has 0 bridgehead atoms. The molecule has 0 saturated heterocycles. The van der Waals surface area contributed by atoms with E-state index in [0.717, 1.165) is 12.8 Å². The number of nitrogens with zero attached hydrogens (tertiary/aromatic N) is 1. The van der Waals surface area contributed by atoms with Crippen LogP contribution < -0.4 is 0 Å². The van der Waals surface area contributed by atoms with Gasteiger partial charge >= 0.3 is 0 Å². The monoisotopic (exact) mass is 171 g/mol. The Hall–Kier alpha value is -0.700. The highest BCUT2D eigenvalue weighted by Gasteiger charge is 2.27. The Labute approximate surface area is 73.3 Å². The van der Waals surface area contributed by atoms with Gasteiger partial charge in [0.25, 0.3) is 0 Å². The lowest BCUT2D eigenvalue weighted by atomic mass is 9.99. The first-order valence-corrected chi connectivity index (χ1v) is 4.46. The summed E-state index contributed by atoms with van der Waals surface area (Å²) in [5, 5.41) is 19.0. The van der Waals surface area contributed by atoms with Crippen LogP contribution in [-0.2, 0) is 0 Å². The number of aliphatic hydroxyl groups is 2. The Morgan fingerprint density at radius 2 is 2.33 bits per heavy atom. The third-order valence-electron chi connectivity index (χ3n) is 2.43. The molecular weight excluding hydrogens is 154 g/mol. The van der Waals surface area contributed by atoms with Crippen molar-refractivity contribution in [1.29, 1.82) is 0 Å². The van der Waals surface area contributed by atoms with E-state index in [1.165, 1.54) is 0 Å². The topological polar surface area (TPSA) is 43.7 Å². The van der Waals surface area contributed by atoms with Crippen molar-refractivity contribution in [2.24, 2.45) is 0 Å². The summed E-state index contributed by atoms with van der Waals surface area (Å²) in [5.41, 5.74) is 0. The van der Waals surface area contributed by atoms with Gasteiger partial charge in [0.15, 0.2) is 5.88 Å². The normalized spacial score (nSPS) is 30.2. The van der Waals surface area contributed by atoms with Crippen molar-refractivity contribution >= 4 is 0 Å². The summed E-state index contributed by atoms with van der Waals surface area (Å²) in [6, 6.07) is 0.0833. The van der Waals surface area contributed by atoms with Gasteiger partial charge in [-0.25, -0.2) is 0 Å². The fourth-order valence-corrected chi connectivity index (χ4v) is 1.64. The molecule has 2 atom stereocenters. The maximum absolute atomic E-state index is 9.59. The minimum absolute atomic E-state index is 0.0833. The molecule has 0 unspecified atom stereocenters. The molecule has 3 heteroatoms. The van der Waals surface area contributed by atoms with Crippen molar-refractivity contribution in [3.8, 4) is 0 Å². The van der Waals surface area contributed by atoms with E-state index in [9.17, 15) is 10.2 Å². The van der Waals surface area contributed by atoms with Crippen molar-refractivity contribution in [2.45, 2.75) is 38.3 Å². The molecule has 1 aliphatic heterocycles. The molecule has 0 amide bonds. The highest BCUT2D eigenvalue weighted by Crippen LogP contribution is 2.21. The van der Waals surface area contributed by atoms with E-state index in [2.05, 4.69) is 6.92 Å². The van der Waals surface area contributed by atoms with Gasteiger partial charge in [0.1, 0.15) is 0 Å². The SMILES string of the molecule is CCC[C@H]1[C@H](O)CC=C(O)N1C. The molecule has 0 radical (unpaired) electrons. The average Bonchev–Trinajstić information content (AvgIpc) is 2.06. The molecule has 0 spiro atoms. The van der Waals surface area contributed by atoms with Gasteiger partial charge in [-0.15, -0.1) is 0 Å². The van der Waals surface area contributed by atoms with Gasteiger partial charge in [0.05, 0.1) is 12.1 Å².